The van der Waals surface area contributed by atoms with Crippen molar-refractivity contribution in [3.05, 3.63) is 57.5 Å². The molecule has 0 unspecified atom stereocenters. The van der Waals surface area contributed by atoms with Crippen molar-refractivity contribution in [3.63, 3.8) is 0 Å². The zero-order valence-corrected chi connectivity index (χ0v) is 14.1. The number of nitrogens with one attached hydrogen (secondary N) is 1. The van der Waals surface area contributed by atoms with Crippen LogP contribution in [-0.2, 0) is 0 Å². The molecule has 1 aliphatic carbocycles. The summed E-state index contributed by atoms with van der Waals surface area (Å²) in [4.78, 5) is 0. The van der Waals surface area contributed by atoms with Gasteiger partial charge in [-0.2, -0.15) is 0 Å². The molecule has 0 spiro atoms. The van der Waals surface area contributed by atoms with Gasteiger partial charge >= 0.3 is 0 Å². The molecule has 3 rings (SSSR count). The van der Waals surface area contributed by atoms with Crippen molar-refractivity contribution in [1.82, 2.24) is 0 Å². The highest BCUT2D eigenvalue weighted by Crippen LogP contribution is 2.42. The van der Waals surface area contributed by atoms with E-state index in [0.717, 1.165) is 28.8 Å². The van der Waals surface area contributed by atoms with Crippen LogP contribution >= 0.6 is 27.5 Å². The molecule has 0 atom stereocenters. The van der Waals surface area contributed by atoms with Crippen molar-refractivity contribution in [2.24, 2.45) is 0 Å². The minimum absolute atomic E-state index is 0.467. The van der Waals surface area contributed by atoms with Crippen LogP contribution in [-0.4, -0.2) is 13.2 Å². The van der Waals surface area contributed by atoms with E-state index < -0.39 is 0 Å². The molecule has 1 saturated carbocycles. The van der Waals surface area contributed by atoms with Crippen molar-refractivity contribution < 1.29 is 4.74 Å². The normalized spacial score (nSPS) is 20.7. The fourth-order valence-electron chi connectivity index (χ4n) is 2.83. The predicted octanol–water partition coefficient (Wildman–Crippen LogP) is 5.47. The Morgan fingerprint density at radius 3 is 2.57 bits per heavy atom. The summed E-state index contributed by atoms with van der Waals surface area (Å²) in [5, 5.41) is 4.24. The van der Waals surface area contributed by atoms with E-state index in [-0.39, 0.29) is 0 Å². The van der Waals surface area contributed by atoms with E-state index in [0.29, 0.717) is 17.0 Å². The molecule has 0 amide bonds. The molecule has 0 bridgehead atoms. The fourth-order valence-corrected chi connectivity index (χ4v) is 3.80. The van der Waals surface area contributed by atoms with Crippen LogP contribution in [0.4, 0.5) is 5.69 Å². The molecule has 2 aromatic rings. The van der Waals surface area contributed by atoms with Crippen LogP contribution in [0.5, 0.6) is 5.75 Å². The van der Waals surface area contributed by atoms with E-state index in [1.807, 2.05) is 12.1 Å². The standard InChI is InChI=1S/C17H17BrClNO/c1-21-17-15(18)9-13(19)10-16(17)20-14-7-12(8-14)11-5-3-2-4-6-11/h2-6,9-10,12,14,20H,7-8H2,1H3. The van der Waals surface area contributed by atoms with Gasteiger partial charge in [-0.3, -0.25) is 0 Å². The first kappa shape index (κ1) is 14.7. The van der Waals surface area contributed by atoms with E-state index >= 15 is 0 Å². The van der Waals surface area contributed by atoms with Gasteiger partial charge in [0.1, 0.15) is 0 Å². The molecular weight excluding hydrogens is 350 g/mol. The maximum atomic E-state index is 6.12. The Balaban J connectivity index is 1.67. The van der Waals surface area contributed by atoms with E-state index in [1.165, 1.54) is 5.56 Å². The molecule has 1 aliphatic rings. The van der Waals surface area contributed by atoms with Crippen LogP contribution in [0, 0.1) is 0 Å². The molecule has 0 aromatic heterocycles. The Labute approximate surface area is 138 Å². The van der Waals surface area contributed by atoms with Crippen molar-refractivity contribution in [2.75, 3.05) is 12.4 Å². The second-order valence-electron chi connectivity index (χ2n) is 5.39. The van der Waals surface area contributed by atoms with Gasteiger partial charge in [0.2, 0.25) is 0 Å². The van der Waals surface area contributed by atoms with Gasteiger partial charge in [0.15, 0.2) is 5.75 Å². The second kappa shape index (κ2) is 6.29. The quantitative estimate of drug-likeness (QED) is 0.774. The minimum Gasteiger partial charge on any atom is -0.493 e. The zero-order valence-electron chi connectivity index (χ0n) is 11.8. The van der Waals surface area contributed by atoms with E-state index in [2.05, 4.69) is 51.6 Å². The van der Waals surface area contributed by atoms with Crippen molar-refractivity contribution >= 4 is 33.2 Å². The lowest BCUT2D eigenvalue weighted by Gasteiger charge is -2.37. The van der Waals surface area contributed by atoms with Gasteiger partial charge in [-0.1, -0.05) is 41.9 Å². The number of ether oxygens (including phenoxy) is 1. The summed E-state index contributed by atoms with van der Waals surface area (Å²) in [7, 11) is 1.67. The molecule has 0 radical (unpaired) electrons. The summed E-state index contributed by atoms with van der Waals surface area (Å²) in [6.45, 7) is 0. The molecule has 21 heavy (non-hydrogen) atoms. The lowest BCUT2D eigenvalue weighted by molar-refractivity contribution is 0.370. The summed E-state index contributed by atoms with van der Waals surface area (Å²) < 4.78 is 6.32. The first-order chi connectivity index (χ1) is 10.2. The summed E-state index contributed by atoms with van der Waals surface area (Å²) in [6.07, 6.45) is 2.27. The fraction of sp³-hybridized carbons (Fsp3) is 0.294. The lowest BCUT2D eigenvalue weighted by atomic mass is 9.76. The largest absolute Gasteiger partial charge is 0.493 e. The van der Waals surface area contributed by atoms with Gasteiger partial charge in [0, 0.05) is 11.1 Å². The maximum absolute atomic E-state index is 6.12. The Hall–Kier alpha value is -1.19. The van der Waals surface area contributed by atoms with Gasteiger partial charge in [-0.05, 0) is 52.4 Å². The predicted molar refractivity (Wildman–Crippen MR) is 91.5 cm³/mol. The molecule has 0 aliphatic heterocycles. The topological polar surface area (TPSA) is 21.3 Å². The average molecular weight is 367 g/mol. The van der Waals surface area contributed by atoms with Gasteiger partial charge in [0.05, 0.1) is 17.3 Å². The molecule has 4 heteroatoms. The lowest BCUT2D eigenvalue weighted by Crippen LogP contribution is -2.34. The van der Waals surface area contributed by atoms with Crippen molar-refractivity contribution in [1.29, 1.82) is 0 Å². The second-order valence-corrected chi connectivity index (χ2v) is 6.68. The molecule has 2 nitrogen and oxygen atoms in total. The number of hydrogen-bond donors (Lipinski definition) is 1. The maximum Gasteiger partial charge on any atom is 0.156 e. The highest BCUT2D eigenvalue weighted by Gasteiger charge is 2.30. The van der Waals surface area contributed by atoms with Crippen LogP contribution in [0.1, 0.15) is 24.3 Å². The molecule has 0 heterocycles. The monoisotopic (exact) mass is 365 g/mol. The zero-order chi connectivity index (χ0) is 14.8. The first-order valence-electron chi connectivity index (χ1n) is 7.02. The number of benzene rings is 2. The number of anilines is 1. The molecular formula is C17H17BrClNO. The third kappa shape index (κ3) is 3.19. The minimum atomic E-state index is 0.467. The smallest absolute Gasteiger partial charge is 0.156 e. The third-order valence-corrected chi connectivity index (χ3v) is 4.79. The van der Waals surface area contributed by atoms with Gasteiger partial charge in [0.25, 0.3) is 0 Å². The Kier molecular flexibility index (Phi) is 4.41. The van der Waals surface area contributed by atoms with Crippen LogP contribution in [0.25, 0.3) is 0 Å². The van der Waals surface area contributed by atoms with Crippen LogP contribution in [0.2, 0.25) is 5.02 Å². The highest BCUT2D eigenvalue weighted by molar-refractivity contribution is 9.10. The molecule has 0 saturated heterocycles. The van der Waals surface area contributed by atoms with Crippen molar-refractivity contribution in [2.45, 2.75) is 24.8 Å². The van der Waals surface area contributed by atoms with Gasteiger partial charge in [-0.25, -0.2) is 0 Å². The van der Waals surface area contributed by atoms with E-state index in [9.17, 15) is 0 Å². The highest BCUT2D eigenvalue weighted by atomic mass is 79.9. The van der Waals surface area contributed by atoms with Crippen molar-refractivity contribution in [3.8, 4) is 5.75 Å². The molecule has 110 valence electrons. The molecule has 1 fully saturated rings. The van der Waals surface area contributed by atoms with E-state index in [4.69, 9.17) is 16.3 Å². The summed E-state index contributed by atoms with van der Waals surface area (Å²) in [6, 6.07) is 14.9. The number of halogens is 2. The average Bonchev–Trinajstić information content (AvgIpc) is 2.43. The Morgan fingerprint density at radius 1 is 1.19 bits per heavy atom. The van der Waals surface area contributed by atoms with E-state index in [1.54, 1.807) is 7.11 Å². The summed E-state index contributed by atoms with van der Waals surface area (Å²) in [5.41, 5.74) is 2.38. The Bertz CT molecular complexity index is 626. The van der Waals surface area contributed by atoms with Gasteiger partial charge in [-0.15, -0.1) is 0 Å². The van der Waals surface area contributed by atoms with Crippen LogP contribution in [0.15, 0.2) is 46.9 Å². The number of hydrogen-bond acceptors (Lipinski definition) is 2. The summed E-state index contributed by atoms with van der Waals surface area (Å²) in [5.74, 6) is 1.46. The molecule has 1 N–H and O–H groups in total. The third-order valence-electron chi connectivity index (χ3n) is 3.98. The summed E-state index contributed by atoms with van der Waals surface area (Å²) >= 11 is 9.61. The Morgan fingerprint density at radius 2 is 1.90 bits per heavy atom. The first-order valence-corrected chi connectivity index (χ1v) is 8.19. The molecule has 2 aromatic carbocycles. The number of methoxy groups -OCH3 is 1. The van der Waals surface area contributed by atoms with Crippen LogP contribution < -0.4 is 10.1 Å². The number of rotatable bonds is 4. The SMILES string of the molecule is COc1c(Br)cc(Cl)cc1NC1CC(c2ccccc2)C1. The van der Waals surface area contributed by atoms with Crippen LogP contribution in [0.3, 0.4) is 0 Å². The van der Waals surface area contributed by atoms with Gasteiger partial charge < -0.3 is 10.1 Å².